The number of nitrogens with zero attached hydrogens (tertiary/aromatic N) is 5. The van der Waals surface area contributed by atoms with Gasteiger partial charge in [-0.3, -0.25) is 14.6 Å². The van der Waals surface area contributed by atoms with Crippen LogP contribution >= 0.6 is 0 Å². The van der Waals surface area contributed by atoms with Crippen LogP contribution in [0.5, 0.6) is 0 Å². The Morgan fingerprint density at radius 3 is 2.02 bits per heavy atom. The standard InChI is InChI=1S/C49H52F2N8O6/c1-25(2)41(56-46(62)64-5)44(60)58-23-27(21-52)15-39(58)43-53-22-38(55-43)30-8-11-33-32-10-7-29(17-34(32)49(50,51)35(33)18-30)28-9-12-36-31(16-28)19-37(54-36)40-20-48(13-14-48)24-59(40)45(61)42(26(3)4)57-47(63)65-6/h7-12,16-18,22,25-27,39-42H,13-15,19-20,23-24H2,1-6H3,(H,53,55)(H,56,62)(H,57,63)/t27-,39?,40+,41+,42+/m1/s1. The highest BCUT2D eigenvalue weighted by atomic mass is 19.3. The molecule has 1 spiro atoms. The monoisotopic (exact) mass is 886 g/mol. The second-order valence-corrected chi connectivity index (χ2v) is 18.9. The van der Waals surface area contributed by atoms with Crippen molar-refractivity contribution >= 4 is 35.4 Å². The number of methoxy groups -OCH3 is 2. The summed E-state index contributed by atoms with van der Waals surface area (Å²) in [5.74, 6) is -4.32. The molecule has 14 nitrogen and oxygen atoms in total. The summed E-state index contributed by atoms with van der Waals surface area (Å²) >= 11 is 0. The Morgan fingerprint density at radius 1 is 0.831 bits per heavy atom. The van der Waals surface area contributed by atoms with Crippen molar-refractivity contribution in [2.24, 2.45) is 28.2 Å². The van der Waals surface area contributed by atoms with Gasteiger partial charge < -0.3 is 34.9 Å². The van der Waals surface area contributed by atoms with Crippen molar-refractivity contribution in [3.63, 3.8) is 0 Å². The lowest BCUT2D eigenvalue weighted by Crippen LogP contribution is -2.53. The molecule has 3 aromatic carbocycles. The quantitative estimate of drug-likeness (QED) is 0.143. The van der Waals surface area contributed by atoms with Crippen LogP contribution in [0.2, 0.25) is 0 Å². The van der Waals surface area contributed by atoms with Gasteiger partial charge in [0.15, 0.2) is 0 Å². The number of hydrogen-bond donors (Lipinski definition) is 3. The van der Waals surface area contributed by atoms with E-state index in [-0.39, 0.29) is 52.8 Å². The normalized spacial score (nSPS) is 21.6. The second-order valence-electron chi connectivity index (χ2n) is 18.9. The molecule has 5 atom stereocenters. The number of ether oxygens (including phenoxy) is 2. The number of alkyl carbamates (subject to hydrolysis) is 2. The smallest absolute Gasteiger partial charge is 0.407 e. The van der Waals surface area contributed by atoms with Crippen molar-refractivity contribution < 1.29 is 37.4 Å². The van der Waals surface area contributed by atoms with Gasteiger partial charge in [0.1, 0.15) is 17.9 Å². The van der Waals surface area contributed by atoms with Crippen LogP contribution in [0.1, 0.15) is 81.9 Å². The van der Waals surface area contributed by atoms with Crippen molar-refractivity contribution in [3.05, 3.63) is 83.3 Å². The molecule has 9 rings (SSSR count). The number of likely N-dealkylation sites (tertiary alicyclic amines) is 2. The number of aliphatic imine (C=N–C) groups is 1. The van der Waals surface area contributed by atoms with E-state index >= 15 is 8.78 Å². The van der Waals surface area contributed by atoms with Crippen LogP contribution in [0.4, 0.5) is 24.1 Å². The number of alkyl halides is 2. The lowest BCUT2D eigenvalue weighted by molar-refractivity contribution is -0.136. The molecule has 5 aliphatic rings. The van der Waals surface area contributed by atoms with E-state index in [0.717, 1.165) is 41.8 Å². The summed E-state index contributed by atoms with van der Waals surface area (Å²) in [5, 5.41) is 15.1. The van der Waals surface area contributed by atoms with Crippen molar-refractivity contribution in [1.82, 2.24) is 30.4 Å². The average molecular weight is 887 g/mol. The number of carbonyl (C=O) groups excluding carboxylic acids is 4. The number of aromatic amines is 1. The minimum atomic E-state index is -3.31. The molecule has 1 unspecified atom stereocenters. The van der Waals surface area contributed by atoms with Gasteiger partial charge >= 0.3 is 12.2 Å². The van der Waals surface area contributed by atoms with Crippen LogP contribution in [0.25, 0.3) is 33.5 Å². The molecule has 1 saturated carbocycles. The van der Waals surface area contributed by atoms with Crippen LogP contribution in [-0.4, -0.2) is 94.9 Å². The number of carbonyl (C=O) groups is 4. The number of H-pyrrole nitrogens is 1. The number of hydrogen-bond acceptors (Lipinski definition) is 9. The van der Waals surface area contributed by atoms with Crippen LogP contribution in [0.3, 0.4) is 0 Å². The number of nitrogens with one attached hydrogen (secondary N) is 3. The first-order valence-corrected chi connectivity index (χ1v) is 22.2. The van der Waals surface area contributed by atoms with Gasteiger partial charge in [-0.25, -0.2) is 14.6 Å². The predicted octanol–water partition coefficient (Wildman–Crippen LogP) is 8.05. The first-order valence-electron chi connectivity index (χ1n) is 22.2. The molecule has 65 heavy (non-hydrogen) atoms. The van der Waals surface area contributed by atoms with Crippen molar-refractivity contribution in [1.29, 1.82) is 5.26 Å². The van der Waals surface area contributed by atoms with E-state index in [1.165, 1.54) is 20.3 Å². The zero-order valence-corrected chi connectivity index (χ0v) is 37.2. The zero-order valence-electron chi connectivity index (χ0n) is 37.2. The van der Waals surface area contributed by atoms with E-state index in [2.05, 4.69) is 26.7 Å². The van der Waals surface area contributed by atoms with Crippen molar-refractivity contribution in [3.8, 4) is 39.6 Å². The van der Waals surface area contributed by atoms with Gasteiger partial charge in [-0.1, -0.05) is 58.0 Å². The maximum absolute atomic E-state index is 16.6. The maximum atomic E-state index is 16.6. The highest BCUT2D eigenvalue weighted by Gasteiger charge is 2.55. The largest absolute Gasteiger partial charge is 0.453 e. The number of nitriles is 1. The molecule has 4 aromatic rings. The van der Waals surface area contributed by atoms with Crippen molar-refractivity contribution in [2.75, 3.05) is 27.3 Å². The number of aromatic nitrogens is 2. The van der Waals surface area contributed by atoms with Crippen LogP contribution in [0.15, 0.2) is 65.8 Å². The number of benzene rings is 3. The van der Waals surface area contributed by atoms with E-state index in [9.17, 15) is 24.4 Å². The third-order valence-corrected chi connectivity index (χ3v) is 14.0. The van der Waals surface area contributed by atoms with Crippen LogP contribution < -0.4 is 10.6 Å². The minimum Gasteiger partial charge on any atom is -0.453 e. The van der Waals surface area contributed by atoms with Crippen molar-refractivity contribution in [2.45, 2.75) is 89.9 Å². The Bertz CT molecular complexity index is 2680. The van der Waals surface area contributed by atoms with Gasteiger partial charge in [-0.2, -0.15) is 14.0 Å². The lowest BCUT2D eigenvalue weighted by atomic mass is 9.94. The topological polar surface area (TPSA) is 182 Å². The van der Waals surface area contributed by atoms with Gasteiger partial charge in [-0.05, 0) is 95.0 Å². The number of amides is 4. The zero-order chi connectivity index (χ0) is 46.1. The molecule has 338 valence electrons. The molecule has 1 aromatic heterocycles. The molecular weight excluding hydrogens is 835 g/mol. The molecule has 0 bridgehead atoms. The SMILES string of the molecule is COC(=O)N[C@H](C(=O)N1C[C@@H](C#N)CC1c1ncc(-c2ccc3c(c2)C(F)(F)c2cc(-c4ccc5c(c4)CC([C@@H]4CC6(CC6)CN4C(=O)[C@@H](NC(=O)OC)C(C)C)=N5)ccc2-3)[nH]1)C(C)C. The number of halogens is 2. The molecular formula is C49H52F2N8O6. The summed E-state index contributed by atoms with van der Waals surface area (Å²) in [6.07, 6.45) is 3.88. The van der Waals surface area contributed by atoms with E-state index in [1.807, 2.05) is 43.0 Å². The molecule has 3 aliphatic heterocycles. The molecule has 0 radical (unpaired) electrons. The predicted molar refractivity (Wildman–Crippen MR) is 237 cm³/mol. The van der Waals surface area contributed by atoms with E-state index in [1.54, 1.807) is 49.2 Å². The molecule has 4 amide bonds. The summed E-state index contributed by atoms with van der Waals surface area (Å²) < 4.78 is 42.8. The summed E-state index contributed by atoms with van der Waals surface area (Å²) in [5.41, 5.74) is 5.74. The average Bonchev–Trinajstić information content (AvgIpc) is 3.82. The molecule has 4 heterocycles. The Morgan fingerprint density at radius 2 is 1.42 bits per heavy atom. The van der Waals surface area contributed by atoms with Gasteiger partial charge in [0.05, 0.1) is 55.9 Å². The van der Waals surface area contributed by atoms with Gasteiger partial charge in [-0.15, -0.1) is 0 Å². The Hall–Kier alpha value is -6.63. The highest BCUT2D eigenvalue weighted by Crippen LogP contribution is 2.56. The first kappa shape index (κ1) is 43.6. The maximum Gasteiger partial charge on any atom is 0.407 e. The molecule has 2 saturated heterocycles. The molecule has 16 heteroatoms. The number of fused-ring (bicyclic) bond motifs is 4. The highest BCUT2D eigenvalue weighted by molar-refractivity contribution is 6.01. The lowest BCUT2D eigenvalue weighted by Gasteiger charge is -2.31. The summed E-state index contributed by atoms with van der Waals surface area (Å²) in [6, 6.07) is 15.7. The third-order valence-electron chi connectivity index (χ3n) is 14.0. The minimum absolute atomic E-state index is 0.0662. The van der Waals surface area contributed by atoms with Gasteiger partial charge in [0, 0.05) is 41.9 Å². The van der Waals surface area contributed by atoms with Crippen LogP contribution in [-0.2, 0) is 31.4 Å². The third kappa shape index (κ3) is 7.78. The summed E-state index contributed by atoms with van der Waals surface area (Å²) in [6.45, 7) is 8.15. The Labute approximate surface area is 375 Å². The van der Waals surface area contributed by atoms with Crippen LogP contribution in [0, 0.1) is 34.5 Å². The second kappa shape index (κ2) is 16.4. The Balaban J connectivity index is 0.930. The number of imidazole rings is 1. The molecule has 3 N–H and O–H groups in total. The Kier molecular flexibility index (Phi) is 11.0. The van der Waals surface area contributed by atoms with E-state index in [4.69, 9.17) is 14.5 Å². The fourth-order valence-corrected chi connectivity index (χ4v) is 10.1. The number of rotatable bonds is 10. The van der Waals surface area contributed by atoms with E-state index < -0.39 is 42.2 Å². The first-order chi connectivity index (χ1) is 31.0. The summed E-state index contributed by atoms with van der Waals surface area (Å²) in [4.78, 5) is 68.4. The summed E-state index contributed by atoms with van der Waals surface area (Å²) in [7, 11) is 2.50. The molecule has 2 aliphatic carbocycles. The fraction of sp³-hybridized carbons (Fsp3) is 0.449. The van der Waals surface area contributed by atoms with E-state index in [0.29, 0.717) is 53.2 Å². The van der Waals surface area contributed by atoms with Gasteiger partial charge in [0.2, 0.25) is 11.8 Å². The fourth-order valence-electron chi connectivity index (χ4n) is 10.1. The molecule has 3 fully saturated rings. The van der Waals surface area contributed by atoms with Gasteiger partial charge in [0.25, 0.3) is 5.92 Å².